The monoisotopic (exact) mass is 552 g/mol. The molecule has 4 aromatic carbocycles. The molecule has 38 heavy (non-hydrogen) atoms. The van der Waals surface area contributed by atoms with Crippen LogP contribution in [0.2, 0.25) is 10.0 Å². The Balaban J connectivity index is 1.45. The number of rotatable bonds is 8. The van der Waals surface area contributed by atoms with Crippen molar-refractivity contribution in [2.24, 2.45) is 0 Å². The molecule has 10 heteroatoms. The minimum Gasteiger partial charge on any atom is -0.457 e. The molecule has 0 spiro atoms. The molecule has 0 atom stereocenters. The zero-order chi connectivity index (χ0) is 26.9. The summed E-state index contributed by atoms with van der Waals surface area (Å²) in [6, 6.07) is 25.7. The van der Waals surface area contributed by atoms with E-state index in [4.69, 9.17) is 27.9 Å². The van der Waals surface area contributed by atoms with Crippen LogP contribution in [0.4, 0.5) is 31.0 Å². The highest BCUT2D eigenvalue weighted by molar-refractivity contribution is 6.43. The van der Waals surface area contributed by atoms with E-state index < -0.39 is 17.9 Å². The van der Waals surface area contributed by atoms with Crippen molar-refractivity contribution in [2.45, 2.75) is 0 Å². The zero-order valence-corrected chi connectivity index (χ0v) is 21.5. The fourth-order valence-electron chi connectivity index (χ4n) is 3.46. The Labute approximate surface area is 229 Å². The largest absolute Gasteiger partial charge is 0.457 e. The molecular formula is C28H23Cl2FN4O3. The van der Waals surface area contributed by atoms with E-state index in [1.165, 1.54) is 23.1 Å². The van der Waals surface area contributed by atoms with Crippen LogP contribution in [0, 0.1) is 5.82 Å². The second kappa shape index (κ2) is 12.8. The lowest BCUT2D eigenvalue weighted by molar-refractivity contribution is 0.250. The number of carbonyl (C=O) groups is 2. The molecule has 3 N–H and O–H groups in total. The van der Waals surface area contributed by atoms with Gasteiger partial charge in [0.25, 0.3) is 0 Å². The highest BCUT2D eigenvalue weighted by atomic mass is 35.5. The average molecular weight is 553 g/mol. The molecule has 0 fully saturated rings. The molecule has 0 saturated heterocycles. The second-order valence-corrected chi connectivity index (χ2v) is 8.74. The Morgan fingerprint density at radius 3 is 2.16 bits per heavy atom. The van der Waals surface area contributed by atoms with Gasteiger partial charge in [0.1, 0.15) is 17.3 Å². The number of nitrogens with zero attached hydrogens (tertiary/aromatic N) is 1. The van der Waals surface area contributed by atoms with Gasteiger partial charge in [0.15, 0.2) is 0 Å². The summed E-state index contributed by atoms with van der Waals surface area (Å²) in [6.45, 7) is 0.160. The van der Waals surface area contributed by atoms with Crippen molar-refractivity contribution in [2.75, 3.05) is 28.6 Å². The molecule has 0 aromatic heterocycles. The summed E-state index contributed by atoms with van der Waals surface area (Å²) < 4.78 is 20.0. The number of carbonyl (C=O) groups excluding carboxylic acids is 2. The summed E-state index contributed by atoms with van der Waals surface area (Å²) in [7, 11) is 0. The maximum Gasteiger partial charge on any atom is 0.326 e. The van der Waals surface area contributed by atoms with Gasteiger partial charge < -0.3 is 20.7 Å². The average Bonchev–Trinajstić information content (AvgIpc) is 2.92. The molecule has 4 rings (SSSR count). The van der Waals surface area contributed by atoms with Crippen molar-refractivity contribution in [3.8, 4) is 11.5 Å². The Morgan fingerprint density at radius 1 is 0.763 bits per heavy atom. The molecule has 7 nitrogen and oxygen atoms in total. The quantitative estimate of drug-likeness (QED) is 0.208. The van der Waals surface area contributed by atoms with Gasteiger partial charge >= 0.3 is 12.1 Å². The van der Waals surface area contributed by atoms with Crippen LogP contribution < -0.4 is 25.6 Å². The molecule has 0 aliphatic carbocycles. The van der Waals surface area contributed by atoms with Crippen molar-refractivity contribution < 1.29 is 18.7 Å². The number of nitrogens with one attached hydrogen (secondary N) is 3. The molecule has 0 aliphatic heterocycles. The van der Waals surface area contributed by atoms with Crippen molar-refractivity contribution in [1.82, 2.24) is 5.32 Å². The maximum absolute atomic E-state index is 14.2. The van der Waals surface area contributed by atoms with E-state index in [-0.39, 0.29) is 23.8 Å². The zero-order valence-electron chi connectivity index (χ0n) is 20.0. The Kier molecular flexibility index (Phi) is 9.02. The van der Waals surface area contributed by atoms with E-state index in [1.54, 1.807) is 48.5 Å². The summed E-state index contributed by atoms with van der Waals surface area (Å²) in [4.78, 5) is 26.9. The topological polar surface area (TPSA) is 82.7 Å². The molecule has 0 aliphatic rings. The van der Waals surface area contributed by atoms with Crippen LogP contribution in [0.25, 0.3) is 0 Å². The number of benzene rings is 4. The van der Waals surface area contributed by atoms with Crippen LogP contribution in [0.5, 0.6) is 11.5 Å². The molecular weight excluding hydrogens is 530 g/mol. The fraction of sp³-hybridized carbons (Fsp3) is 0.0714. The van der Waals surface area contributed by atoms with Gasteiger partial charge in [-0.1, -0.05) is 59.6 Å². The second-order valence-electron chi connectivity index (χ2n) is 7.95. The lowest BCUT2D eigenvalue weighted by Crippen LogP contribution is -2.42. The maximum atomic E-state index is 14.2. The Hall–Kier alpha value is -4.27. The van der Waals surface area contributed by atoms with E-state index in [1.807, 2.05) is 30.3 Å². The van der Waals surface area contributed by atoms with Gasteiger partial charge in [0.2, 0.25) is 0 Å². The highest BCUT2D eigenvalue weighted by Crippen LogP contribution is 2.29. The third-order valence-corrected chi connectivity index (χ3v) is 6.13. The number of urea groups is 2. The van der Waals surface area contributed by atoms with E-state index in [2.05, 4.69) is 16.0 Å². The number of amides is 4. The standard InChI is InChI=1S/C28H23Cl2FN4O3/c29-22-9-6-12-25(26(22)30)33-27(36)32-17-18-35(28(37)34-24-11-5-4-10-23(24)31)19-13-15-21(16-14-19)38-20-7-2-1-3-8-20/h1-16H,17-18H2,(H,34,37)(H2,32,33,36). The van der Waals surface area contributed by atoms with Gasteiger partial charge in [-0.25, -0.2) is 14.0 Å². The Morgan fingerprint density at radius 2 is 1.42 bits per heavy atom. The summed E-state index contributed by atoms with van der Waals surface area (Å²) >= 11 is 12.1. The van der Waals surface area contributed by atoms with Crippen LogP contribution in [-0.4, -0.2) is 25.2 Å². The predicted molar refractivity (Wildman–Crippen MR) is 149 cm³/mol. The van der Waals surface area contributed by atoms with E-state index >= 15 is 0 Å². The predicted octanol–water partition coefficient (Wildman–Crippen LogP) is 7.79. The molecule has 194 valence electrons. The van der Waals surface area contributed by atoms with Gasteiger partial charge in [-0.15, -0.1) is 0 Å². The number of hydrogen-bond acceptors (Lipinski definition) is 3. The number of anilines is 3. The first-order chi connectivity index (χ1) is 18.4. The van der Waals surface area contributed by atoms with Gasteiger partial charge in [-0.2, -0.15) is 0 Å². The molecule has 0 unspecified atom stereocenters. The molecule has 0 saturated carbocycles. The van der Waals surface area contributed by atoms with Crippen molar-refractivity contribution in [3.63, 3.8) is 0 Å². The summed E-state index contributed by atoms with van der Waals surface area (Å²) in [5, 5.41) is 8.40. The van der Waals surface area contributed by atoms with E-state index in [0.717, 1.165) is 0 Å². The van der Waals surface area contributed by atoms with Crippen LogP contribution in [-0.2, 0) is 0 Å². The normalized spacial score (nSPS) is 10.4. The number of ether oxygens (including phenoxy) is 1. The van der Waals surface area contributed by atoms with Crippen molar-refractivity contribution in [3.05, 3.63) is 113 Å². The third kappa shape index (κ3) is 7.15. The lowest BCUT2D eigenvalue weighted by atomic mass is 10.2. The van der Waals surface area contributed by atoms with Gasteiger partial charge in [0, 0.05) is 18.8 Å². The number of halogens is 3. The highest BCUT2D eigenvalue weighted by Gasteiger charge is 2.18. The van der Waals surface area contributed by atoms with Crippen LogP contribution >= 0.6 is 23.2 Å². The molecule has 0 bridgehead atoms. The number of hydrogen-bond donors (Lipinski definition) is 3. The summed E-state index contributed by atoms with van der Waals surface area (Å²) in [6.07, 6.45) is 0. The molecule has 4 amide bonds. The van der Waals surface area contributed by atoms with Crippen molar-refractivity contribution in [1.29, 1.82) is 0 Å². The minimum absolute atomic E-state index is 0.0350. The van der Waals surface area contributed by atoms with Crippen molar-refractivity contribution >= 4 is 52.3 Å². The summed E-state index contributed by atoms with van der Waals surface area (Å²) in [5.74, 6) is 0.679. The number of para-hydroxylation sites is 2. The van der Waals surface area contributed by atoms with E-state index in [9.17, 15) is 14.0 Å². The third-order valence-electron chi connectivity index (χ3n) is 5.31. The molecule has 0 heterocycles. The SMILES string of the molecule is O=C(NCCN(C(=O)Nc1ccccc1F)c1ccc(Oc2ccccc2)cc1)Nc1cccc(Cl)c1Cl. The van der Waals surface area contributed by atoms with Crippen LogP contribution in [0.1, 0.15) is 0 Å². The molecule has 4 aromatic rings. The van der Waals surface area contributed by atoms with Gasteiger partial charge in [0.05, 0.1) is 21.4 Å². The lowest BCUT2D eigenvalue weighted by Gasteiger charge is -2.24. The van der Waals surface area contributed by atoms with Gasteiger partial charge in [-0.3, -0.25) is 4.90 Å². The van der Waals surface area contributed by atoms with Crippen LogP contribution in [0.3, 0.4) is 0 Å². The molecule has 0 radical (unpaired) electrons. The smallest absolute Gasteiger partial charge is 0.326 e. The van der Waals surface area contributed by atoms with E-state index in [0.29, 0.717) is 27.9 Å². The summed E-state index contributed by atoms with van der Waals surface area (Å²) in [5.41, 5.74) is 0.895. The first-order valence-corrected chi connectivity index (χ1v) is 12.3. The fourth-order valence-corrected chi connectivity index (χ4v) is 3.81. The van der Waals surface area contributed by atoms with Gasteiger partial charge in [-0.05, 0) is 60.7 Å². The van der Waals surface area contributed by atoms with Crippen LogP contribution in [0.15, 0.2) is 97.1 Å². The first kappa shape index (κ1) is 26.8. The minimum atomic E-state index is -0.577. The first-order valence-electron chi connectivity index (χ1n) is 11.6. The Bertz CT molecular complexity index is 1410.